The lowest BCUT2D eigenvalue weighted by molar-refractivity contribution is 0.206. The Bertz CT molecular complexity index is 519. The van der Waals surface area contributed by atoms with Gasteiger partial charge in [0.05, 0.1) is 5.57 Å². The normalized spacial score (nSPS) is 29.4. The number of likely N-dealkylation sites (tertiary alicyclic amines) is 1. The van der Waals surface area contributed by atoms with Crippen molar-refractivity contribution in [1.82, 2.24) is 9.80 Å². The third-order valence-electron chi connectivity index (χ3n) is 4.76. The van der Waals surface area contributed by atoms with Crippen molar-refractivity contribution in [3.63, 3.8) is 0 Å². The number of halogens is 1. The number of hydrogen-bond acceptors (Lipinski definition) is 3. The molecule has 1 aliphatic carbocycles. The number of hydrogen-bond donors (Lipinski definition) is 0. The van der Waals surface area contributed by atoms with E-state index in [2.05, 4.69) is 45.7 Å². The van der Waals surface area contributed by atoms with Crippen molar-refractivity contribution in [3.05, 3.63) is 23.7 Å². The first kappa shape index (κ1) is 15.6. The van der Waals surface area contributed by atoms with Crippen molar-refractivity contribution in [2.24, 2.45) is 15.9 Å². The second-order valence-electron chi connectivity index (χ2n) is 6.45. The van der Waals surface area contributed by atoms with Crippen molar-refractivity contribution in [2.45, 2.75) is 45.1 Å². The van der Waals surface area contributed by atoms with E-state index in [1.165, 1.54) is 32.1 Å². The zero-order valence-electron chi connectivity index (χ0n) is 13.3. The van der Waals surface area contributed by atoms with E-state index in [1.54, 1.807) is 0 Å². The topological polar surface area (TPSA) is 31.2 Å². The molecule has 1 saturated heterocycles. The molecule has 0 radical (unpaired) electrons. The van der Waals surface area contributed by atoms with Crippen LogP contribution >= 0.6 is 11.6 Å². The summed E-state index contributed by atoms with van der Waals surface area (Å²) in [6, 6.07) is 0.784. The third-order valence-corrected chi connectivity index (χ3v) is 4.88. The highest BCUT2D eigenvalue weighted by Crippen LogP contribution is 2.33. The second-order valence-corrected chi connectivity index (χ2v) is 6.69. The zero-order valence-corrected chi connectivity index (χ0v) is 14.1. The van der Waals surface area contributed by atoms with E-state index in [9.17, 15) is 0 Å². The predicted molar refractivity (Wildman–Crippen MR) is 93.3 cm³/mol. The molecule has 1 saturated carbocycles. The number of nitrogens with zero attached hydrogens (tertiary/aromatic N) is 4. The Kier molecular flexibility index (Phi) is 4.87. The van der Waals surface area contributed by atoms with E-state index in [1.807, 2.05) is 0 Å². The van der Waals surface area contributed by atoms with Crippen molar-refractivity contribution in [3.8, 4) is 0 Å². The van der Waals surface area contributed by atoms with Crippen LogP contribution in [0.1, 0.15) is 39.0 Å². The molecule has 0 aromatic rings. The maximum absolute atomic E-state index is 5.90. The summed E-state index contributed by atoms with van der Waals surface area (Å²) in [7, 11) is 0. The fourth-order valence-electron chi connectivity index (χ4n) is 3.34. The Morgan fingerprint density at radius 1 is 1.36 bits per heavy atom. The molecule has 3 aliphatic rings. The largest absolute Gasteiger partial charge is 0.353 e. The molecule has 0 N–H and O–H groups in total. The fraction of sp³-hybridized carbons (Fsp3) is 0.647. The van der Waals surface area contributed by atoms with Crippen LogP contribution in [0, 0.1) is 5.92 Å². The molecule has 0 bridgehead atoms. The van der Waals surface area contributed by atoms with E-state index >= 15 is 0 Å². The Labute approximate surface area is 138 Å². The van der Waals surface area contributed by atoms with E-state index in [-0.39, 0.29) is 6.00 Å². The van der Waals surface area contributed by atoms with Crippen LogP contribution in [0.2, 0.25) is 0 Å². The van der Waals surface area contributed by atoms with Crippen molar-refractivity contribution < 1.29 is 0 Å². The quantitative estimate of drug-likeness (QED) is 0.440. The highest BCUT2D eigenvalue weighted by Gasteiger charge is 2.31. The Morgan fingerprint density at radius 2 is 2.18 bits per heavy atom. The number of rotatable bonds is 5. The molecule has 3 rings (SSSR count). The van der Waals surface area contributed by atoms with Gasteiger partial charge in [-0.1, -0.05) is 0 Å². The summed E-state index contributed by atoms with van der Waals surface area (Å²) in [5, 5.41) is 0. The summed E-state index contributed by atoms with van der Waals surface area (Å²) in [5.74, 6) is 2.73. The number of amidine groups is 1. The average Bonchev–Trinajstić information content (AvgIpc) is 3.26. The molecule has 1 unspecified atom stereocenters. The van der Waals surface area contributed by atoms with E-state index < -0.39 is 0 Å². The van der Waals surface area contributed by atoms with Gasteiger partial charge in [0.2, 0.25) is 0 Å². The highest BCUT2D eigenvalue weighted by molar-refractivity contribution is 6.19. The second kappa shape index (κ2) is 6.86. The molecule has 1 atom stereocenters. The van der Waals surface area contributed by atoms with Gasteiger partial charge in [-0.3, -0.25) is 4.99 Å². The fourth-order valence-corrected chi connectivity index (χ4v) is 3.45. The number of aliphatic imine (C=N–C) groups is 2. The summed E-state index contributed by atoms with van der Waals surface area (Å²) in [5.41, 5.74) is 1.07. The van der Waals surface area contributed by atoms with Gasteiger partial charge in [-0.15, -0.1) is 11.6 Å². The van der Waals surface area contributed by atoms with Gasteiger partial charge in [0, 0.05) is 25.3 Å². The minimum Gasteiger partial charge on any atom is -0.353 e. The van der Waals surface area contributed by atoms with Crippen molar-refractivity contribution in [1.29, 1.82) is 0 Å². The third kappa shape index (κ3) is 3.22. The molecule has 5 heteroatoms. The number of piperidine rings is 1. The van der Waals surface area contributed by atoms with E-state index in [4.69, 9.17) is 11.6 Å². The SMILES string of the molecule is C=N/C(=C1/C=CN(CC2CC2)/C1=N/CCl)N1CCCCC1C. The summed E-state index contributed by atoms with van der Waals surface area (Å²) in [6.07, 6.45) is 10.6. The lowest BCUT2D eigenvalue weighted by Gasteiger charge is -2.36. The van der Waals surface area contributed by atoms with Crippen molar-refractivity contribution >= 4 is 24.2 Å². The van der Waals surface area contributed by atoms with Crippen LogP contribution in [0.5, 0.6) is 0 Å². The van der Waals surface area contributed by atoms with Gasteiger partial charge >= 0.3 is 0 Å². The molecule has 2 fully saturated rings. The van der Waals surface area contributed by atoms with Gasteiger partial charge in [-0.25, -0.2) is 4.99 Å². The van der Waals surface area contributed by atoms with Gasteiger partial charge in [-0.2, -0.15) is 0 Å². The first-order chi connectivity index (χ1) is 10.7. The minimum absolute atomic E-state index is 0.279. The first-order valence-corrected chi connectivity index (χ1v) is 8.81. The van der Waals surface area contributed by atoms with Gasteiger partial charge in [-0.05, 0) is 57.7 Å². The summed E-state index contributed by atoms with van der Waals surface area (Å²) >= 11 is 5.90. The maximum atomic E-state index is 5.90. The van der Waals surface area contributed by atoms with Crippen LogP contribution in [-0.2, 0) is 0 Å². The lowest BCUT2D eigenvalue weighted by atomic mass is 10.0. The van der Waals surface area contributed by atoms with Gasteiger partial charge in [0.15, 0.2) is 0 Å². The van der Waals surface area contributed by atoms with E-state index in [0.717, 1.165) is 36.2 Å². The highest BCUT2D eigenvalue weighted by atomic mass is 35.5. The summed E-state index contributed by atoms with van der Waals surface area (Å²) in [6.45, 7) is 8.17. The minimum atomic E-state index is 0.279. The Balaban J connectivity index is 1.89. The zero-order chi connectivity index (χ0) is 15.5. The van der Waals surface area contributed by atoms with Crippen LogP contribution in [-0.4, -0.2) is 47.5 Å². The molecule has 0 aromatic heterocycles. The lowest BCUT2D eigenvalue weighted by Crippen LogP contribution is -2.37. The van der Waals surface area contributed by atoms with Gasteiger partial charge < -0.3 is 9.80 Å². The molecule has 22 heavy (non-hydrogen) atoms. The Hall–Kier alpha value is -1.29. The van der Waals surface area contributed by atoms with Crippen LogP contribution in [0.4, 0.5) is 0 Å². The van der Waals surface area contributed by atoms with Crippen LogP contribution in [0.3, 0.4) is 0 Å². The molecule has 2 heterocycles. The summed E-state index contributed by atoms with van der Waals surface area (Å²) in [4.78, 5) is 13.5. The monoisotopic (exact) mass is 320 g/mol. The smallest absolute Gasteiger partial charge is 0.139 e. The van der Waals surface area contributed by atoms with Crippen molar-refractivity contribution in [2.75, 3.05) is 19.1 Å². The predicted octanol–water partition coefficient (Wildman–Crippen LogP) is 3.61. The molecule has 0 amide bonds. The molecule has 0 aromatic carbocycles. The Morgan fingerprint density at radius 3 is 2.82 bits per heavy atom. The molecule has 2 aliphatic heterocycles. The van der Waals surface area contributed by atoms with Gasteiger partial charge in [0.25, 0.3) is 0 Å². The van der Waals surface area contributed by atoms with Crippen LogP contribution in [0.15, 0.2) is 33.7 Å². The average molecular weight is 321 g/mol. The number of alkyl halides is 1. The first-order valence-electron chi connectivity index (χ1n) is 8.28. The molecule has 0 spiro atoms. The molecule has 4 nitrogen and oxygen atoms in total. The van der Waals surface area contributed by atoms with E-state index in [0.29, 0.717) is 6.04 Å². The molecular weight excluding hydrogens is 296 g/mol. The molecule has 120 valence electrons. The van der Waals surface area contributed by atoms with Gasteiger partial charge in [0.1, 0.15) is 17.7 Å². The summed E-state index contributed by atoms with van der Waals surface area (Å²) < 4.78 is 0. The molecular formula is C17H25ClN4. The van der Waals surface area contributed by atoms with Crippen LogP contribution in [0.25, 0.3) is 0 Å². The van der Waals surface area contributed by atoms with Crippen LogP contribution < -0.4 is 0 Å². The maximum Gasteiger partial charge on any atom is 0.139 e. The standard InChI is InChI=1S/C17H25ClN4/c1-13-5-3-4-9-22(13)16(19-2)15-8-10-21(11-14-6-7-14)17(15)20-12-18/h8,10,13-14H,2-7,9,11-12H2,1H3/b16-15+,20-17+.